The third-order valence-electron chi connectivity index (χ3n) is 3.77. The number of carbonyl (C=O) groups excluding carboxylic acids is 1. The largest absolute Gasteiger partial charge is 0.396 e. The molecule has 1 atom stereocenters. The first-order valence-electron chi connectivity index (χ1n) is 6.96. The molecule has 2 heterocycles. The number of hydrogen-bond donors (Lipinski definition) is 3. The molecular weight excluding hydrogens is 242 g/mol. The Morgan fingerprint density at radius 2 is 2.47 bits per heavy atom. The van der Waals surface area contributed by atoms with Gasteiger partial charge >= 0.3 is 0 Å². The molecule has 1 aliphatic rings. The summed E-state index contributed by atoms with van der Waals surface area (Å²) >= 11 is 0. The van der Waals surface area contributed by atoms with Gasteiger partial charge < -0.3 is 20.3 Å². The Morgan fingerprint density at radius 1 is 1.63 bits per heavy atom. The highest BCUT2D eigenvalue weighted by molar-refractivity contribution is 5.95. The van der Waals surface area contributed by atoms with Crippen molar-refractivity contribution in [2.45, 2.75) is 19.8 Å². The molecule has 1 aromatic rings. The van der Waals surface area contributed by atoms with Crippen molar-refractivity contribution in [2.24, 2.45) is 5.92 Å². The van der Waals surface area contributed by atoms with Gasteiger partial charge in [0.15, 0.2) is 0 Å². The summed E-state index contributed by atoms with van der Waals surface area (Å²) in [7, 11) is 0. The maximum absolute atomic E-state index is 11.9. The van der Waals surface area contributed by atoms with Crippen LogP contribution in [0.3, 0.4) is 0 Å². The first kappa shape index (κ1) is 14.1. The van der Waals surface area contributed by atoms with E-state index in [9.17, 15) is 9.90 Å². The van der Waals surface area contributed by atoms with Gasteiger partial charge in [0.05, 0.1) is 5.56 Å². The van der Waals surface area contributed by atoms with Crippen LogP contribution in [0.4, 0.5) is 0 Å². The van der Waals surface area contributed by atoms with E-state index < -0.39 is 0 Å². The summed E-state index contributed by atoms with van der Waals surface area (Å²) in [5.41, 5.74) is 1.61. The van der Waals surface area contributed by atoms with Gasteiger partial charge in [-0.15, -0.1) is 0 Å². The van der Waals surface area contributed by atoms with Crippen molar-refractivity contribution in [3.63, 3.8) is 0 Å². The summed E-state index contributed by atoms with van der Waals surface area (Å²) in [4.78, 5) is 17.2. The van der Waals surface area contributed by atoms with Crippen molar-refractivity contribution in [2.75, 3.05) is 32.8 Å². The van der Waals surface area contributed by atoms with Crippen LogP contribution >= 0.6 is 0 Å². The van der Waals surface area contributed by atoms with Crippen LogP contribution in [0.2, 0.25) is 0 Å². The highest BCUT2D eigenvalue weighted by Gasteiger charge is 2.18. The lowest BCUT2D eigenvalue weighted by atomic mass is 9.99. The van der Waals surface area contributed by atoms with Crippen molar-refractivity contribution in [3.8, 4) is 0 Å². The number of H-pyrrole nitrogens is 1. The number of nitrogens with one attached hydrogen (secondary N) is 2. The smallest absolute Gasteiger partial charge is 0.253 e. The van der Waals surface area contributed by atoms with Crippen molar-refractivity contribution >= 4 is 5.91 Å². The van der Waals surface area contributed by atoms with Crippen LogP contribution in [0.15, 0.2) is 12.3 Å². The lowest BCUT2D eigenvalue weighted by Gasteiger charge is -2.31. The molecule has 1 amide bonds. The summed E-state index contributed by atoms with van der Waals surface area (Å²) in [5, 5.41) is 12.1. The standard InChI is InChI=1S/C14H23N3O2/c1-11-13(4-5-15-11)14(19)16-6-8-17-7-2-3-12(9-17)10-18/h4-5,12,15,18H,2-3,6-10H2,1H3,(H,16,19)/t12-/m0/s1. The van der Waals surface area contributed by atoms with Crippen molar-refractivity contribution < 1.29 is 9.90 Å². The number of aliphatic hydroxyl groups excluding tert-OH is 1. The number of aromatic nitrogens is 1. The number of aromatic amines is 1. The van der Waals surface area contributed by atoms with Crippen LogP contribution in [0.25, 0.3) is 0 Å². The molecule has 0 aliphatic carbocycles. The van der Waals surface area contributed by atoms with Crippen LogP contribution in [0.5, 0.6) is 0 Å². The maximum Gasteiger partial charge on any atom is 0.253 e. The molecule has 0 unspecified atom stereocenters. The molecule has 3 N–H and O–H groups in total. The summed E-state index contributed by atoms with van der Waals surface area (Å²) in [6, 6.07) is 1.80. The first-order chi connectivity index (χ1) is 9.20. The van der Waals surface area contributed by atoms with E-state index >= 15 is 0 Å². The summed E-state index contributed by atoms with van der Waals surface area (Å²) in [6.07, 6.45) is 4.03. The lowest BCUT2D eigenvalue weighted by molar-refractivity contribution is 0.0930. The predicted octanol–water partition coefficient (Wildman–Crippen LogP) is 0.757. The minimum atomic E-state index is -0.0190. The fourth-order valence-corrected chi connectivity index (χ4v) is 2.62. The number of amides is 1. The van der Waals surface area contributed by atoms with Crippen LogP contribution < -0.4 is 5.32 Å². The molecule has 0 saturated carbocycles. The first-order valence-corrected chi connectivity index (χ1v) is 6.96. The zero-order valence-corrected chi connectivity index (χ0v) is 11.5. The van der Waals surface area contributed by atoms with Gasteiger partial charge in [0.2, 0.25) is 0 Å². The molecule has 106 valence electrons. The van der Waals surface area contributed by atoms with Gasteiger partial charge in [0.25, 0.3) is 5.91 Å². The summed E-state index contributed by atoms with van der Waals surface area (Å²) < 4.78 is 0. The Morgan fingerprint density at radius 3 is 3.16 bits per heavy atom. The average molecular weight is 265 g/mol. The molecule has 1 fully saturated rings. The highest BCUT2D eigenvalue weighted by Crippen LogP contribution is 2.14. The number of rotatable bonds is 5. The van der Waals surface area contributed by atoms with Crippen LogP contribution in [0.1, 0.15) is 28.9 Å². The van der Waals surface area contributed by atoms with E-state index in [1.807, 2.05) is 6.92 Å². The molecule has 1 aliphatic heterocycles. The molecule has 0 spiro atoms. The van der Waals surface area contributed by atoms with Crippen molar-refractivity contribution in [3.05, 3.63) is 23.5 Å². The molecule has 0 aromatic carbocycles. The Bertz CT molecular complexity index is 417. The van der Waals surface area contributed by atoms with Gasteiger partial charge in [0, 0.05) is 38.1 Å². The van der Waals surface area contributed by atoms with Crippen LogP contribution in [-0.2, 0) is 0 Å². The Balaban J connectivity index is 1.72. The molecule has 1 saturated heterocycles. The molecule has 5 nitrogen and oxygen atoms in total. The highest BCUT2D eigenvalue weighted by atomic mass is 16.3. The second-order valence-electron chi connectivity index (χ2n) is 5.26. The van der Waals surface area contributed by atoms with Gasteiger partial charge in [-0.05, 0) is 38.3 Å². The van der Waals surface area contributed by atoms with Crippen molar-refractivity contribution in [1.29, 1.82) is 0 Å². The molecule has 0 radical (unpaired) electrons. The number of aliphatic hydroxyl groups is 1. The monoisotopic (exact) mass is 265 g/mol. The minimum absolute atomic E-state index is 0.0190. The molecule has 5 heteroatoms. The zero-order valence-electron chi connectivity index (χ0n) is 11.5. The second kappa shape index (κ2) is 6.73. The summed E-state index contributed by atoms with van der Waals surface area (Å²) in [5.74, 6) is 0.380. The topological polar surface area (TPSA) is 68.4 Å². The van der Waals surface area contributed by atoms with E-state index in [4.69, 9.17) is 0 Å². The fourth-order valence-electron chi connectivity index (χ4n) is 2.62. The second-order valence-corrected chi connectivity index (χ2v) is 5.26. The molecule has 0 bridgehead atoms. The Labute approximate surface area is 114 Å². The molecular formula is C14H23N3O2. The zero-order chi connectivity index (χ0) is 13.7. The van der Waals surface area contributed by atoms with Gasteiger partial charge in [-0.3, -0.25) is 4.79 Å². The van der Waals surface area contributed by atoms with E-state index in [1.165, 1.54) is 0 Å². The summed E-state index contributed by atoms with van der Waals surface area (Å²) in [6.45, 7) is 5.68. The number of aryl methyl sites for hydroxylation is 1. The average Bonchev–Trinajstić information content (AvgIpc) is 2.85. The number of likely N-dealkylation sites (tertiary alicyclic amines) is 1. The molecule has 1 aromatic heterocycles. The third kappa shape index (κ3) is 3.81. The van der Waals surface area contributed by atoms with E-state index in [-0.39, 0.29) is 12.5 Å². The van der Waals surface area contributed by atoms with E-state index in [1.54, 1.807) is 12.3 Å². The van der Waals surface area contributed by atoms with Gasteiger partial charge in [-0.1, -0.05) is 0 Å². The number of piperidine rings is 1. The molecule has 19 heavy (non-hydrogen) atoms. The van der Waals surface area contributed by atoms with Crippen LogP contribution in [0, 0.1) is 12.8 Å². The fraction of sp³-hybridized carbons (Fsp3) is 0.643. The minimum Gasteiger partial charge on any atom is -0.396 e. The number of nitrogens with zero attached hydrogens (tertiary/aromatic N) is 1. The quantitative estimate of drug-likeness (QED) is 0.736. The number of carbonyl (C=O) groups is 1. The van der Waals surface area contributed by atoms with E-state index in [0.717, 1.165) is 38.2 Å². The normalized spacial score (nSPS) is 20.4. The van der Waals surface area contributed by atoms with Gasteiger partial charge in [-0.25, -0.2) is 0 Å². The SMILES string of the molecule is Cc1[nH]ccc1C(=O)NCCN1CCC[C@H](CO)C1. The van der Waals surface area contributed by atoms with Gasteiger partial charge in [0.1, 0.15) is 0 Å². The Kier molecular flexibility index (Phi) is 4.99. The Hall–Kier alpha value is -1.33. The lowest BCUT2D eigenvalue weighted by Crippen LogP contribution is -2.41. The molecule has 2 rings (SSSR count). The van der Waals surface area contributed by atoms with Crippen LogP contribution in [-0.4, -0.2) is 53.7 Å². The van der Waals surface area contributed by atoms with Crippen molar-refractivity contribution in [1.82, 2.24) is 15.2 Å². The maximum atomic E-state index is 11.9. The predicted molar refractivity (Wildman–Crippen MR) is 74.1 cm³/mol. The van der Waals surface area contributed by atoms with E-state index in [0.29, 0.717) is 18.0 Å². The van der Waals surface area contributed by atoms with E-state index in [2.05, 4.69) is 15.2 Å². The number of hydrogen-bond acceptors (Lipinski definition) is 3. The van der Waals surface area contributed by atoms with Gasteiger partial charge in [-0.2, -0.15) is 0 Å². The third-order valence-corrected chi connectivity index (χ3v) is 3.77.